The highest BCUT2D eigenvalue weighted by molar-refractivity contribution is 6.29. The lowest BCUT2D eigenvalue weighted by Gasteiger charge is -2.28. The lowest BCUT2D eigenvalue weighted by atomic mass is 9.88. The van der Waals surface area contributed by atoms with Crippen LogP contribution in [-0.2, 0) is 11.6 Å². The van der Waals surface area contributed by atoms with Crippen molar-refractivity contribution >= 4 is 34.7 Å². The topological polar surface area (TPSA) is 75.4 Å². The molecule has 1 atom stereocenters. The largest absolute Gasteiger partial charge is 0.433 e. The molecular weight excluding hydrogens is 473 g/mol. The highest BCUT2D eigenvalue weighted by Gasteiger charge is 2.60. The first-order valence-corrected chi connectivity index (χ1v) is 9.03. The van der Waals surface area contributed by atoms with E-state index in [-0.39, 0.29) is 16.5 Å². The van der Waals surface area contributed by atoms with Crippen molar-refractivity contribution in [3.63, 3.8) is 0 Å². The molecule has 7 nitrogen and oxygen atoms in total. The van der Waals surface area contributed by atoms with E-state index in [0.717, 1.165) is 17.6 Å². The van der Waals surface area contributed by atoms with E-state index in [1.807, 2.05) is 5.32 Å². The van der Waals surface area contributed by atoms with Crippen molar-refractivity contribution in [2.75, 3.05) is 16.8 Å². The van der Waals surface area contributed by atoms with Gasteiger partial charge in [0, 0.05) is 24.4 Å². The minimum atomic E-state index is -5.01. The molecule has 4 rings (SSSR count). The van der Waals surface area contributed by atoms with E-state index in [1.54, 1.807) is 0 Å². The molecule has 0 spiro atoms. The summed E-state index contributed by atoms with van der Waals surface area (Å²) in [6.07, 6.45) is -8.87. The number of carbonyl (C=O) groups is 1. The van der Waals surface area contributed by atoms with Gasteiger partial charge < -0.3 is 5.32 Å². The second-order valence-corrected chi connectivity index (χ2v) is 7.52. The molecule has 0 radical (unpaired) electrons. The smallest absolute Gasteiger partial charge is 0.307 e. The summed E-state index contributed by atoms with van der Waals surface area (Å²) in [5, 5.41) is 5.64. The van der Waals surface area contributed by atoms with E-state index in [1.165, 1.54) is 6.07 Å². The van der Waals surface area contributed by atoms with Crippen LogP contribution in [0.4, 0.5) is 46.9 Å². The molecule has 32 heavy (non-hydrogen) atoms. The quantitative estimate of drug-likeness (QED) is 0.399. The molecule has 0 saturated carbocycles. The van der Waals surface area contributed by atoms with Crippen LogP contribution in [0.1, 0.15) is 18.3 Å². The van der Waals surface area contributed by atoms with Crippen LogP contribution in [0.3, 0.4) is 0 Å². The van der Waals surface area contributed by atoms with Crippen molar-refractivity contribution in [2.45, 2.75) is 24.7 Å². The first kappa shape index (κ1) is 22.0. The minimum absolute atomic E-state index is 0.00231. The maximum atomic E-state index is 14.0. The van der Waals surface area contributed by atoms with Gasteiger partial charge in [0.05, 0.1) is 17.6 Å². The lowest BCUT2D eigenvalue weighted by Crippen LogP contribution is -2.46. The number of nitrogens with one attached hydrogen (secondary N) is 1. The van der Waals surface area contributed by atoms with Gasteiger partial charge in [0.1, 0.15) is 11.1 Å². The summed E-state index contributed by atoms with van der Waals surface area (Å²) in [6, 6.07) is 0.842. The summed E-state index contributed by atoms with van der Waals surface area (Å²) in [6.45, 7) is -0.0996. The molecule has 0 saturated heterocycles. The van der Waals surface area contributed by atoms with E-state index >= 15 is 0 Å². The molecule has 0 aliphatic carbocycles. The number of amides is 2. The third kappa shape index (κ3) is 3.47. The van der Waals surface area contributed by atoms with E-state index in [2.05, 4.69) is 15.1 Å². The van der Waals surface area contributed by atoms with Crippen LogP contribution in [0.15, 0.2) is 24.4 Å². The number of alkyl halides is 6. The molecule has 1 N–H and O–H groups in total. The summed E-state index contributed by atoms with van der Waals surface area (Å²) in [7, 11) is 0. The Kier molecular flexibility index (Phi) is 4.77. The normalized spacial score (nSPS) is 18.8. The number of halogens is 8. The molecule has 4 heterocycles. The highest BCUT2D eigenvalue weighted by atomic mass is 35.5. The van der Waals surface area contributed by atoms with Crippen molar-refractivity contribution in [3.05, 3.63) is 46.9 Å². The van der Waals surface area contributed by atoms with Gasteiger partial charge in [-0.05, 0) is 13.0 Å². The lowest BCUT2D eigenvalue weighted by molar-refractivity contribution is -0.181. The Morgan fingerprint density at radius 1 is 1.19 bits per heavy atom. The second kappa shape index (κ2) is 6.92. The average molecular weight is 483 g/mol. The Balaban J connectivity index is 1.77. The summed E-state index contributed by atoms with van der Waals surface area (Å²) < 4.78 is 95.0. The molecular formula is C17H10ClF7N6O. The molecule has 1 aliphatic rings. The highest BCUT2D eigenvalue weighted by Crippen LogP contribution is 2.50. The molecule has 15 heteroatoms. The van der Waals surface area contributed by atoms with Crippen LogP contribution in [0.25, 0.3) is 5.65 Å². The molecule has 1 aliphatic heterocycles. The molecule has 0 fully saturated rings. The van der Waals surface area contributed by atoms with Crippen molar-refractivity contribution in [2.24, 2.45) is 0 Å². The Hall–Kier alpha value is -3.16. The van der Waals surface area contributed by atoms with E-state index in [9.17, 15) is 35.5 Å². The SMILES string of the molecule is C[C@@]1(C(F)(F)F)CN(C(=O)Nc2cc(F)nc(C(F)(F)F)c2)c2cnc3cc(Cl)nn3c21. The van der Waals surface area contributed by atoms with Crippen molar-refractivity contribution in [1.82, 2.24) is 19.6 Å². The fourth-order valence-electron chi connectivity index (χ4n) is 3.40. The number of carbonyl (C=O) groups excluding carboxylic acids is 1. The molecule has 0 bridgehead atoms. The minimum Gasteiger partial charge on any atom is -0.307 e. The number of hydrogen-bond acceptors (Lipinski definition) is 4. The maximum Gasteiger partial charge on any atom is 0.433 e. The van der Waals surface area contributed by atoms with Gasteiger partial charge in [-0.15, -0.1) is 0 Å². The fraction of sp³-hybridized carbons (Fsp3) is 0.294. The predicted octanol–water partition coefficient (Wildman–Crippen LogP) is 4.81. The summed E-state index contributed by atoms with van der Waals surface area (Å²) in [5.41, 5.74) is -5.61. The Morgan fingerprint density at radius 3 is 2.50 bits per heavy atom. The van der Waals surface area contributed by atoms with Crippen molar-refractivity contribution in [1.29, 1.82) is 0 Å². The third-order valence-electron chi connectivity index (χ3n) is 4.93. The van der Waals surface area contributed by atoms with Gasteiger partial charge in [-0.1, -0.05) is 11.6 Å². The molecule has 3 aromatic heterocycles. The molecule has 170 valence electrons. The molecule has 0 aromatic carbocycles. The number of urea groups is 1. The number of anilines is 2. The monoisotopic (exact) mass is 482 g/mol. The molecule has 3 aromatic rings. The van der Waals surface area contributed by atoms with E-state index in [0.29, 0.717) is 17.0 Å². The number of fused-ring (bicyclic) bond motifs is 3. The number of pyridine rings is 1. The van der Waals surface area contributed by atoms with Gasteiger partial charge in [-0.3, -0.25) is 4.90 Å². The van der Waals surface area contributed by atoms with E-state index in [4.69, 9.17) is 11.6 Å². The van der Waals surface area contributed by atoms with Crippen LogP contribution in [0, 0.1) is 5.95 Å². The summed E-state index contributed by atoms with van der Waals surface area (Å²) in [5.74, 6) is -1.54. The zero-order valence-corrected chi connectivity index (χ0v) is 16.4. The third-order valence-corrected chi connectivity index (χ3v) is 5.11. The van der Waals surface area contributed by atoms with Crippen molar-refractivity contribution < 1.29 is 35.5 Å². The van der Waals surface area contributed by atoms with Gasteiger partial charge >= 0.3 is 18.4 Å². The second-order valence-electron chi connectivity index (χ2n) is 7.14. The van der Waals surface area contributed by atoms with Crippen LogP contribution in [-0.4, -0.2) is 38.3 Å². The number of rotatable bonds is 1. The Morgan fingerprint density at radius 2 is 1.88 bits per heavy atom. The van der Waals surface area contributed by atoms with Crippen LogP contribution >= 0.6 is 11.6 Å². The fourth-order valence-corrected chi connectivity index (χ4v) is 3.57. The van der Waals surface area contributed by atoms with Gasteiger partial charge in [0.25, 0.3) is 0 Å². The summed E-state index contributed by atoms with van der Waals surface area (Å²) >= 11 is 5.79. The molecule has 2 amide bonds. The van der Waals surface area contributed by atoms with Crippen LogP contribution < -0.4 is 10.2 Å². The number of aromatic nitrogens is 4. The zero-order valence-electron chi connectivity index (χ0n) is 15.7. The summed E-state index contributed by atoms with van der Waals surface area (Å²) in [4.78, 5) is 20.0. The first-order chi connectivity index (χ1) is 14.7. The van der Waals surface area contributed by atoms with Gasteiger partial charge in [0.2, 0.25) is 5.95 Å². The Bertz CT molecular complexity index is 1240. The van der Waals surface area contributed by atoms with Crippen molar-refractivity contribution in [3.8, 4) is 0 Å². The zero-order chi connectivity index (χ0) is 23.6. The average Bonchev–Trinajstić information content (AvgIpc) is 3.17. The Labute approximate surface area is 178 Å². The van der Waals surface area contributed by atoms with Crippen LogP contribution in [0.5, 0.6) is 0 Å². The predicted molar refractivity (Wildman–Crippen MR) is 97.0 cm³/mol. The standard InChI is InChI=1S/C17H10ClF7N6O/c1-15(17(23,24)25)6-30(8-5-26-12-4-10(18)29-31(12)13(8)15)14(32)27-7-2-9(16(20,21)22)28-11(19)3-7/h2-5H,6H2,1H3,(H,27,28,32)/t15-/m1/s1. The number of nitrogens with zero attached hydrogens (tertiary/aromatic N) is 5. The first-order valence-electron chi connectivity index (χ1n) is 8.65. The van der Waals surface area contributed by atoms with Gasteiger partial charge in [0.15, 0.2) is 10.8 Å². The van der Waals surface area contributed by atoms with Crippen LogP contribution in [0.2, 0.25) is 5.15 Å². The number of hydrogen-bond donors (Lipinski definition) is 1. The maximum absolute atomic E-state index is 14.0. The molecule has 0 unspecified atom stereocenters. The van der Waals surface area contributed by atoms with Gasteiger partial charge in [-0.25, -0.2) is 19.3 Å². The van der Waals surface area contributed by atoms with Gasteiger partial charge in [-0.2, -0.15) is 35.8 Å². The van der Waals surface area contributed by atoms with E-state index < -0.39 is 53.4 Å².